The van der Waals surface area contributed by atoms with E-state index in [1.165, 1.54) is 12.1 Å². The zero-order valence-electron chi connectivity index (χ0n) is 11.0. The van der Waals surface area contributed by atoms with Gasteiger partial charge in [-0.25, -0.2) is 14.2 Å². The Kier molecular flexibility index (Phi) is 3.63. The highest BCUT2D eigenvalue weighted by molar-refractivity contribution is 9.10. The number of carbonyl (C=O) groups is 1. The van der Waals surface area contributed by atoms with E-state index < -0.39 is 5.97 Å². The minimum Gasteiger partial charge on any atom is -0.477 e. The third-order valence-corrected chi connectivity index (χ3v) is 3.98. The molecule has 0 saturated carbocycles. The Labute approximate surface area is 129 Å². The number of fused-ring (bicyclic) bond motifs is 1. The van der Waals surface area contributed by atoms with Crippen LogP contribution in [0, 0.1) is 5.82 Å². The summed E-state index contributed by atoms with van der Waals surface area (Å²) >= 11 is 3.29. The molecule has 3 rings (SSSR count). The maximum atomic E-state index is 13.5. The Bertz CT molecular complexity index is 701. The highest BCUT2D eigenvalue weighted by Gasteiger charge is 2.19. The Hall–Kier alpha value is -1.95. The van der Waals surface area contributed by atoms with Crippen LogP contribution in [0.1, 0.15) is 21.6 Å². The van der Waals surface area contributed by atoms with Gasteiger partial charge >= 0.3 is 5.97 Å². The van der Waals surface area contributed by atoms with Crippen LogP contribution in [0.25, 0.3) is 0 Å². The van der Waals surface area contributed by atoms with Gasteiger partial charge in [-0.3, -0.25) is 0 Å². The lowest BCUT2D eigenvalue weighted by atomic mass is 10.0. The molecule has 2 aromatic rings. The smallest absolute Gasteiger partial charge is 0.354 e. The second-order valence-electron chi connectivity index (χ2n) is 4.94. The highest BCUT2D eigenvalue weighted by Crippen LogP contribution is 2.27. The first-order valence-electron chi connectivity index (χ1n) is 6.45. The molecule has 1 aromatic heterocycles. The second kappa shape index (κ2) is 5.44. The molecule has 0 atom stereocenters. The average molecular weight is 351 g/mol. The second-order valence-corrected chi connectivity index (χ2v) is 5.86. The van der Waals surface area contributed by atoms with Gasteiger partial charge in [0.2, 0.25) is 0 Å². The van der Waals surface area contributed by atoms with Crippen LogP contribution < -0.4 is 4.90 Å². The summed E-state index contributed by atoms with van der Waals surface area (Å²) in [6, 6.07) is 6.40. The third-order valence-electron chi connectivity index (χ3n) is 3.53. The molecule has 0 aliphatic carbocycles. The lowest BCUT2D eigenvalue weighted by molar-refractivity contribution is 0.0690. The van der Waals surface area contributed by atoms with E-state index in [1.54, 1.807) is 12.3 Å². The highest BCUT2D eigenvalue weighted by atomic mass is 79.9. The van der Waals surface area contributed by atoms with Gasteiger partial charge in [-0.1, -0.05) is 15.9 Å². The topological polar surface area (TPSA) is 53.4 Å². The van der Waals surface area contributed by atoms with Crippen molar-refractivity contribution in [3.63, 3.8) is 0 Å². The quantitative estimate of drug-likeness (QED) is 0.903. The molecular formula is C15H12BrFN2O2. The van der Waals surface area contributed by atoms with Crippen molar-refractivity contribution in [3.05, 3.63) is 57.6 Å². The fourth-order valence-corrected chi connectivity index (χ4v) is 2.95. The van der Waals surface area contributed by atoms with Crippen LogP contribution in [-0.2, 0) is 13.0 Å². The van der Waals surface area contributed by atoms with Crippen molar-refractivity contribution in [2.75, 3.05) is 11.4 Å². The first-order valence-corrected chi connectivity index (χ1v) is 7.24. The van der Waals surface area contributed by atoms with Crippen molar-refractivity contribution in [1.82, 2.24) is 4.98 Å². The first kappa shape index (κ1) is 14.0. The number of pyridine rings is 1. The van der Waals surface area contributed by atoms with Crippen molar-refractivity contribution in [3.8, 4) is 0 Å². The molecule has 1 N–H and O–H groups in total. The Morgan fingerprint density at radius 3 is 2.81 bits per heavy atom. The molecule has 0 spiro atoms. The maximum Gasteiger partial charge on any atom is 0.354 e. The Morgan fingerprint density at radius 2 is 2.10 bits per heavy atom. The fourth-order valence-electron chi connectivity index (χ4n) is 2.50. The number of carboxylic acids is 1. The average Bonchev–Trinajstić information content (AvgIpc) is 2.45. The summed E-state index contributed by atoms with van der Waals surface area (Å²) in [5.74, 6) is -1.31. The van der Waals surface area contributed by atoms with Crippen LogP contribution in [0.15, 0.2) is 34.9 Å². The van der Waals surface area contributed by atoms with Crippen LogP contribution in [0.5, 0.6) is 0 Å². The number of nitrogens with zero attached hydrogens (tertiary/aromatic N) is 2. The van der Waals surface area contributed by atoms with Crippen LogP contribution in [0.4, 0.5) is 10.1 Å². The van der Waals surface area contributed by atoms with E-state index in [0.29, 0.717) is 24.0 Å². The maximum absolute atomic E-state index is 13.5. The van der Waals surface area contributed by atoms with Crippen LogP contribution in [0.2, 0.25) is 0 Å². The summed E-state index contributed by atoms with van der Waals surface area (Å²) in [5.41, 5.74) is 2.84. The molecule has 4 nitrogen and oxygen atoms in total. The van der Waals surface area contributed by atoms with E-state index in [1.807, 2.05) is 6.07 Å². The van der Waals surface area contributed by atoms with Crippen molar-refractivity contribution in [2.45, 2.75) is 13.0 Å². The number of hydrogen-bond acceptors (Lipinski definition) is 3. The summed E-state index contributed by atoms with van der Waals surface area (Å²) in [7, 11) is 0. The summed E-state index contributed by atoms with van der Waals surface area (Å²) in [5, 5.41) is 8.96. The lowest BCUT2D eigenvalue weighted by Crippen LogP contribution is -2.30. The van der Waals surface area contributed by atoms with E-state index in [0.717, 1.165) is 16.8 Å². The van der Waals surface area contributed by atoms with Crippen molar-refractivity contribution in [1.29, 1.82) is 0 Å². The molecule has 0 fully saturated rings. The third kappa shape index (κ3) is 2.90. The first-order chi connectivity index (χ1) is 10.0. The van der Waals surface area contributed by atoms with Gasteiger partial charge in [-0.05, 0) is 41.8 Å². The molecule has 108 valence electrons. The molecule has 0 unspecified atom stereocenters. The zero-order valence-corrected chi connectivity index (χ0v) is 12.6. The van der Waals surface area contributed by atoms with Crippen LogP contribution in [0.3, 0.4) is 0 Å². The van der Waals surface area contributed by atoms with E-state index in [4.69, 9.17) is 5.11 Å². The number of anilines is 1. The molecule has 0 bridgehead atoms. The number of halogens is 2. The summed E-state index contributed by atoms with van der Waals surface area (Å²) in [6.07, 6.45) is 2.31. The fraction of sp³-hybridized carbons (Fsp3) is 0.200. The molecule has 21 heavy (non-hydrogen) atoms. The number of rotatable bonds is 2. The minimum absolute atomic E-state index is 0.0655. The molecular weight excluding hydrogens is 339 g/mol. The van der Waals surface area contributed by atoms with Gasteiger partial charge < -0.3 is 10.0 Å². The van der Waals surface area contributed by atoms with Gasteiger partial charge in [0, 0.05) is 29.4 Å². The van der Waals surface area contributed by atoms with Crippen LogP contribution >= 0.6 is 15.9 Å². The van der Waals surface area contributed by atoms with Gasteiger partial charge in [-0.2, -0.15) is 0 Å². The number of carboxylic acid groups (broad SMARTS) is 1. The van der Waals surface area contributed by atoms with E-state index in [9.17, 15) is 9.18 Å². The molecule has 1 aliphatic heterocycles. The number of aromatic carboxylic acids is 1. The van der Waals surface area contributed by atoms with E-state index in [2.05, 4.69) is 25.8 Å². The lowest BCUT2D eigenvalue weighted by Gasteiger charge is -2.30. The zero-order chi connectivity index (χ0) is 15.0. The molecule has 0 amide bonds. The Balaban J connectivity index is 1.89. The Morgan fingerprint density at radius 1 is 1.29 bits per heavy atom. The summed E-state index contributed by atoms with van der Waals surface area (Å²) in [4.78, 5) is 16.9. The summed E-state index contributed by atoms with van der Waals surface area (Å²) < 4.78 is 14.2. The van der Waals surface area contributed by atoms with E-state index in [-0.39, 0.29) is 11.5 Å². The molecule has 1 aliphatic rings. The number of hydrogen-bond donors (Lipinski definition) is 1. The monoisotopic (exact) mass is 350 g/mol. The predicted octanol–water partition coefficient (Wildman–Crippen LogP) is 3.24. The number of aromatic nitrogens is 1. The van der Waals surface area contributed by atoms with E-state index >= 15 is 0 Å². The number of benzene rings is 1. The standard InChI is InChI=1S/C15H12BrFN2O2/c16-11-4-12(17)6-13(5-11)19-2-1-9-3-14(15(20)21)18-7-10(9)8-19/h3-7H,1-2,8H2,(H,20,21). The van der Waals surface area contributed by atoms with Gasteiger partial charge in [-0.15, -0.1) is 0 Å². The van der Waals surface area contributed by atoms with Gasteiger partial charge in [0.25, 0.3) is 0 Å². The molecule has 2 heterocycles. The van der Waals surface area contributed by atoms with Gasteiger partial charge in [0.05, 0.1) is 0 Å². The van der Waals surface area contributed by atoms with Crippen molar-refractivity contribution < 1.29 is 14.3 Å². The normalized spacial score (nSPS) is 13.9. The molecule has 0 saturated heterocycles. The largest absolute Gasteiger partial charge is 0.477 e. The SMILES string of the molecule is O=C(O)c1cc2c(cn1)CN(c1cc(F)cc(Br)c1)CC2. The molecule has 6 heteroatoms. The van der Waals surface area contributed by atoms with Crippen LogP contribution in [-0.4, -0.2) is 22.6 Å². The van der Waals surface area contributed by atoms with Gasteiger partial charge in [0.1, 0.15) is 11.5 Å². The predicted molar refractivity (Wildman–Crippen MR) is 80.1 cm³/mol. The molecule has 0 radical (unpaired) electrons. The summed E-state index contributed by atoms with van der Waals surface area (Å²) in [6.45, 7) is 1.31. The van der Waals surface area contributed by atoms with Crippen molar-refractivity contribution in [2.24, 2.45) is 0 Å². The minimum atomic E-state index is -1.02. The van der Waals surface area contributed by atoms with Gasteiger partial charge in [0.15, 0.2) is 0 Å². The van der Waals surface area contributed by atoms with Crippen molar-refractivity contribution >= 4 is 27.6 Å². The molecule has 1 aromatic carbocycles.